The van der Waals surface area contributed by atoms with Gasteiger partial charge in [0.05, 0.1) is 22.3 Å². The molecular weight excluding hydrogens is 236 g/mol. The second kappa shape index (κ2) is 4.60. The van der Waals surface area contributed by atoms with Crippen molar-refractivity contribution in [3.63, 3.8) is 0 Å². The minimum absolute atomic E-state index is 0.0431. The Morgan fingerprint density at radius 3 is 2.88 bits per heavy atom. The Hall–Kier alpha value is -1.79. The Labute approximate surface area is 105 Å². The molecule has 3 nitrogen and oxygen atoms in total. The normalized spacial score (nSPS) is 19.2. The van der Waals surface area contributed by atoms with E-state index < -0.39 is 0 Å². The molecule has 0 aliphatic carbocycles. The van der Waals surface area contributed by atoms with Crippen molar-refractivity contribution < 1.29 is 4.79 Å². The van der Waals surface area contributed by atoms with E-state index in [0.29, 0.717) is 29.2 Å². The third kappa shape index (κ3) is 2.17. The van der Waals surface area contributed by atoms with E-state index in [0.717, 1.165) is 0 Å². The van der Waals surface area contributed by atoms with Crippen LogP contribution in [0.5, 0.6) is 0 Å². The number of hydrogen-bond acceptors (Lipinski definition) is 2. The van der Waals surface area contributed by atoms with Gasteiger partial charge in [0.15, 0.2) is 0 Å². The number of amides is 1. The lowest BCUT2D eigenvalue weighted by atomic mass is 10.1. The molecule has 0 bridgehead atoms. The van der Waals surface area contributed by atoms with Crippen molar-refractivity contribution in [2.45, 2.75) is 6.42 Å². The Morgan fingerprint density at radius 1 is 1.59 bits per heavy atom. The number of nitriles is 1. The van der Waals surface area contributed by atoms with Crippen LogP contribution < -0.4 is 4.90 Å². The lowest BCUT2D eigenvalue weighted by Gasteiger charge is -2.17. The standard InChI is InChI=1S/C13H11ClN2O/c1-2-9-6-13(17)16(8-9)12-4-3-10(7-15)5-11(12)14/h2-5,9H,1,6,8H2. The summed E-state index contributed by atoms with van der Waals surface area (Å²) < 4.78 is 0. The lowest BCUT2D eigenvalue weighted by molar-refractivity contribution is -0.117. The van der Waals surface area contributed by atoms with Gasteiger partial charge in [-0.3, -0.25) is 4.79 Å². The molecule has 17 heavy (non-hydrogen) atoms. The van der Waals surface area contributed by atoms with Crippen molar-refractivity contribution in [2.24, 2.45) is 5.92 Å². The van der Waals surface area contributed by atoms with E-state index in [1.807, 2.05) is 6.07 Å². The number of halogens is 1. The van der Waals surface area contributed by atoms with Gasteiger partial charge in [-0.1, -0.05) is 17.7 Å². The zero-order valence-corrected chi connectivity index (χ0v) is 9.94. The molecule has 1 aromatic carbocycles. The first-order chi connectivity index (χ1) is 8.15. The number of carbonyl (C=O) groups excluding carboxylic acids is 1. The van der Waals surface area contributed by atoms with Gasteiger partial charge in [-0.15, -0.1) is 6.58 Å². The van der Waals surface area contributed by atoms with Crippen LogP contribution in [0.15, 0.2) is 30.9 Å². The van der Waals surface area contributed by atoms with E-state index in [1.165, 1.54) is 0 Å². The number of hydrogen-bond donors (Lipinski definition) is 0. The van der Waals surface area contributed by atoms with Gasteiger partial charge in [-0.25, -0.2) is 0 Å². The van der Waals surface area contributed by atoms with Crippen LogP contribution in [-0.2, 0) is 4.79 Å². The monoisotopic (exact) mass is 246 g/mol. The van der Waals surface area contributed by atoms with Crippen LogP contribution >= 0.6 is 11.6 Å². The summed E-state index contributed by atoms with van der Waals surface area (Å²) in [5.74, 6) is 0.218. The Morgan fingerprint density at radius 2 is 2.35 bits per heavy atom. The van der Waals surface area contributed by atoms with Gasteiger partial charge < -0.3 is 4.90 Å². The van der Waals surface area contributed by atoms with Gasteiger partial charge >= 0.3 is 0 Å². The Balaban J connectivity index is 2.32. The predicted molar refractivity (Wildman–Crippen MR) is 66.8 cm³/mol. The largest absolute Gasteiger partial charge is 0.310 e. The minimum atomic E-state index is 0.0431. The molecule has 2 rings (SSSR count). The first-order valence-electron chi connectivity index (χ1n) is 5.28. The van der Waals surface area contributed by atoms with E-state index in [2.05, 4.69) is 6.58 Å². The fourth-order valence-electron chi connectivity index (χ4n) is 1.92. The highest BCUT2D eigenvalue weighted by molar-refractivity contribution is 6.34. The van der Waals surface area contributed by atoms with Crippen LogP contribution in [0.4, 0.5) is 5.69 Å². The van der Waals surface area contributed by atoms with Gasteiger partial charge in [-0.05, 0) is 18.2 Å². The van der Waals surface area contributed by atoms with Crippen LogP contribution in [0.2, 0.25) is 5.02 Å². The van der Waals surface area contributed by atoms with Crippen molar-refractivity contribution >= 4 is 23.2 Å². The molecule has 1 saturated heterocycles. The molecule has 1 atom stereocenters. The fraction of sp³-hybridized carbons (Fsp3) is 0.231. The highest BCUT2D eigenvalue weighted by Crippen LogP contribution is 2.32. The number of anilines is 1. The summed E-state index contributed by atoms with van der Waals surface area (Å²) in [5.41, 5.74) is 1.16. The average Bonchev–Trinajstić information content (AvgIpc) is 2.70. The molecule has 0 spiro atoms. The Bertz CT molecular complexity index is 519. The summed E-state index contributed by atoms with van der Waals surface area (Å²) in [6.07, 6.45) is 2.26. The van der Waals surface area contributed by atoms with Crippen molar-refractivity contribution in [2.75, 3.05) is 11.4 Å². The van der Waals surface area contributed by atoms with E-state index in [4.69, 9.17) is 16.9 Å². The predicted octanol–water partition coefficient (Wildman–Crippen LogP) is 2.75. The first kappa shape index (κ1) is 11.7. The summed E-state index contributed by atoms with van der Waals surface area (Å²) >= 11 is 6.07. The first-order valence-corrected chi connectivity index (χ1v) is 5.66. The number of carbonyl (C=O) groups is 1. The molecule has 1 aliphatic heterocycles. The molecule has 1 fully saturated rings. The SMILES string of the molecule is C=CC1CC(=O)N(c2ccc(C#N)cc2Cl)C1. The topological polar surface area (TPSA) is 44.1 Å². The van der Waals surface area contributed by atoms with E-state index in [9.17, 15) is 4.79 Å². The van der Waals surface area contributed by atoms with Crippen LogP contribution in [0, 0.1) is 17.2 Å². The minimum Gasteiger partial charge on any atom is -0.310 e. The summed E-state index contributed by atoms with van der Waals surface area (Å²) in [4.78, 5) is 13.5. The molecule has 0 aromatic heterocycles. The maximum absolute atomic E-state index is 11.8. The van der Waals surface area contributed by atoms with Gasteiger partial charge in [0.25, 0.3) is 0 Å². The van der Waals surface area contributed by atoms with Crippen LogP contribution in [0.25, 0.3) is 0 Å². The molecular formula is C13H11ClN2O. The van der Waals surface area contributed by atoms with E-state index in [-0.39, 0.29) is 11.8 Å². The summed E-state index contributed by atoms with van der Waals surface area (Å²) in [6, 6.07) is 6.96. The highest BCUT2D eigenvalue weighted by atomic mass is 35.5. The Kier molecular flexibility index (Phi) is 3.16. The summed E-state index contributed by atoms with van der Waals surface area (Å²) in [5, 5.41) is 9.18. The second-order valence-corrected chi connectivity index (χ2v) is 4.39. The molecule has 1 aliphatic rings. The van der Waals surface area contributed by atoms with E-state index in [1.54, 1.807) is 29.2 Å². The van der Waals surface area contributed by atoms with Gasteiger partial charge in [-0.2, -0.15) is 5.26 Å². The molecule has 0 saturated carbocycles. The maximum Gasteiger partial charge on any atom is 0.227 e. The molecule has 86 valence electrons. The lowest BCUT2D eigenvalue weighted by Crippen LogP contribution is -2.24. The molecule has 4 heteroatoms. The number of benzene rings is 1. The third-order valence-corrected chi connectivity index (χ3v) is 3.16. The van der Waals surface area contributed by atoms with Gasteiger partial charge in [0, 0.05) is 18.9 Å². The van der Waals surface area contributed by atoms with Crippen LogP contribution in [0.3, 0.4) is 0 Å². The number of rotatable bonds is 2. The summed E-state index contributed by atoms with van der Waals surface area (Å²) in [7, 11) is 0. The molecule has 1 unspecified atom stereocenters. The zero-order chi connectivity index (χ0) is 12.4. The zero-order valence-electron chi connectivity index (χ0n) is 9.19. The molecule has 0 N–H and O–H groups in total. The van der Waals surface area contributed by atoms with Crippen molar-refractivity contribution in [1.82, 2.24) is 0 Å². The molecule has 1 aromatic rings. The molecule has 1 heterocycles. The van der Waals surface area contributed by atoms with E-state index >= 15 is 0 Å². The third-order valence-electron chi connectivity index (χ3n) is 2.86. The van der Waals surface area contributed by atoms with Crippen molar-refractivity contribution in [1.29, 1.82) is 5.26 Å². The van der Waals surface area contributed by atoms with Crippen LogP contribution in [0.1, 0.15) is 12.0 Å². The van der Waals surface area contributed by atoms with Crippen molar-refractivity contribution in [3.8, 4) is 6.07 Å². The highest BCUT2D eigenvalue weighted by Gasteiger charge is 2.29. The smallest absolute Gasteiger partial charge is 0.227 e. The van der Waals surface area contributed by atoms with Crippen LogP contribution in [-0.4, -0.2) is 12.5 Å². The maximum atomic E-state index is 11.8. The molecule has 1 amide bonds. The van der Waals surface area contributed by atoms with Gasteiger partial charge in [0.1, 0.15) is 0 Å². The second-order valence-electron chi connectivity index (χ2n) is 3.98. The summed E-state index contributed by atoms with van der Waals surface area (Å²) in [6.45, 7) is 4.31. The molecule has 0 radical (unpaired) electrons. The van der Waals surface area contributed by atoms with Crippen molar-refractivity contribution in [3.05, 3.63) is 41.4 Å². The number of nitrogens with zero attached hydrogens (tertiary/aromatic N) is 2. The van der Waals surface area contributed by atoms with Gasteiger partial charge in [0.2, 0.25) is 5.91 Å². The average molecular weight is 247 g/mol. The quantitative estimate of drug-likeness (QED) is 0.753. The fourth-order valence-corrected chi connectivity index (χ4v) is 2.20.